The first-order chi connectivity index (χ1) is 16.0. The number of morpholine rings is 1. The summed E-state index contributed by atoms with van der Waals surface area (Å²) in [6.45, 7) is 8.71. The standard InChI is InChI=1S/C24H28FN5O2S/c1-17-3-8-21(18(2)15-17)26-22(31)16-33-24-28-27-23(19-4-6-20(25)7-5-19)30(24)10-9-29-11-13-32-14-12-29/h3-8,15H,9-14,16H2,1-2H3,(H,26,31). The third kappa shape index (κ3) is 6.19. The van der Waals surface area contributed by atoms with E-state index in [9.17, 15) is 9.18 Å². The Hall–Kier alpha value is -2.75. The summed E-state index contributed by atoms with van der Waals surface area (Å²) < 4.78 is 20.9. The van der Waals surface area contributed by atoms with Gasteiger partial charge in [0, 0.05) is 37.4 Å². The van der Waals surface area contributed by atoms with Crippen LogP contribution in [0.4, 0.5) is 10.1 Å². The van der Waals surface area contributed by atoms with Crippen LogP contribution in [-0.2, 0) is 16.1 Å². The van der Waals surface area contributed by atoms with E-state index in [2.05, 4.69) is 20.4 Å². The van der Waals surface area contributed by atoms with Gasteiger partial charge in [0.25, 0.3) is 0 Å². The number of halogens is 1. The van der Waals surface area contributed by atoms with Crippen LogP contribution in [0.2, 0.25) is 0 Å². The fraction of sp³-hybridized carbons (Fsp3) is 0.375. The molecule has 1 aromatic heterocycles. The number of nitrogens with zero attached hydrogens (tertiary/aromatic N) is 4. The van der Waals surface area contributed by atoms with Crippen molar-refractivity contribution in [2.75, 3.05) is 43.9 Å². The molecule has 0 bridgehead atoms. The fourth-order valence-electron chi connectivity index (χ4n) is 3.75. The molecule has 33 heavy (non-hydrogen) atoms. The second-order valence-electron chi connectivity index (χ2n) is 8.07. The first-order valence-corrected chi connectivity index (χ1v) is 12.0. The molecule has 1 amide bonds. The molecule has 1 N–H and O–H groups in total. The molecular formula is C24H28FN5O2S. The van der Waals surface area contributed by atoms with Crippen molar-refractivity contribution in [1.29, 1.82) is 0 Å². The molecule has 174 valence electrons. The van der Waals surface area contributed by atoms with Crippen LogP contribution in [0.5, 0.6) is 0 Å². The molecule has 0 spiro atoms. The lowest BCUT2D eigenvalue weighted by molar-refractivity contribution is -0.113. The lowest BCUT2D eigenvalue weighted by atomic mass is 10.1. The van der Waals surface area contributed by atoms with Crippen LogP contribution in [0.15, 0.2) is 47.6 Å². The van der Waals surface area contributed by atoms with Crippen molar-refractivity contribution in [3.8, 4) is 11.4 Å². The molecule has 1 fully saturated rings. The molecule has 0 aliphatic carbocycles. The number of aryl methyl sites for hydroxylation is 2. The maximum absolute atomic E-state index is 13.4. The quantitative estimate of drug-likeness (QED) is 0.507. The van der Waals surface area contributed by atoms with E-state index in [1.807, 2.05) is 36.6 Å². The van der Waals surface area contributed by atoms with Gasteiger partial charge in [0.05, 0.1) is 19.0 Å². The number of carbonyl (C=O) groups excluding carboxylic acids is 1. The minimum absolute atomic E-state index is 0.0991. The number of carbonyl (C=O) groups is 1. The Kier molecular flexibility index (Phi) is 7.74. The van der Waals surface area contributed by atoms with Gasteiger partial charge in [-0.2, -0.15) is 0 Å². The molecule has 4 rings (SSSR count). The zero-order valence-electron chi connectivity index (χ0n) is 18.9. The second-order valence-corrected chi connectivity index (χ2v) is 9.02. The Labute approximate surface area is 197 Å². The average Bonchev–Trinajstić information content (AvgIpc) is 3.22. The van der Waals surface area contributed by atoms with E-state index < -0.39 is 0 Å². The average molecular weight is 470 g/mol. The Morgan fingerprint density at radius 2 is 1.85 bits per heavy atom. The molecule has 0 atom stereocenters. The zero-order valence-corrected chi connectivity index (χ0v) is 19.7. The number of aromatic nitrogens is 3. The minimum Gasteiger partial charge on any atom is -0.379 e. The van der Waals surface area contributed by atoms with Crippen molar-refractivity contribution in [3.05, 3.63) is 59.4 Å². The maximum atomic E-state index is 13.4. The summed E-state index contributed by atoms with van der Waals surface area (Å²) in [6, 6.07) is 12.2. The SMILES string of the molecule is Cc1ccc(NC(=O)CSc2nnc(-c3ccc(F)cc3)n2CCN2CCOCC2)c(C)c1. The van der Waals surface area contributed by atoms with Gasteiger partial charge in [0.2, 0.25) is 5.91 Å². The van der Waals surface area contributed by atoms with Crippen LogP contribution in [0.1, 0.15) is 11.1 Å². The normalized spacial score (nSPS) is 14.4. The van der Waals surface area contributed by atoms with Crippen LogP contribution < -0.4 is 5.32 Å². The highest BCUT2D eigenvalue weighted by atomic mass is 32.2. The lowest BCUT2D eigenvalue weighted by Gasteiger charge is -2.27. The Morgan fingerprint density at radius 3 is 2.58 bits per heavy atom. The van der Waals surface area contributed by atoms with Gasteiger partial charge in [-0.25, -0.2) is 4.39 Å². The van der Waals surface area contributed by atoms with Crippen LogP contribution >= 0.6 is 11.8 Å². The second kappa shape index (κ2) is 10.9. The topological polar surface area (TPSA) is 72.3 Å². The summed E-state index contributed by atoms with van der Waals surface area (Å²) in [7, 11) is 0. The van der Waals surface area contributed by atoms with Gasteiger partial charge in [-0.05, 0) is 49.7 Å². The first-order valence-electron chi connectivity index (χ1n) is 11.0. The molecule has 0 radical (unpaired) electrons. The molecule has 7 nitrogen and oxygen atoms in total. The van der Waals surface area contributed by atoms with Crippen LogP contribution in [0.3, 0.4) is 0 Å². The van der Waals surface area contributed by atoms with E-state index in [4.69, 9.17) is 4.74 Å². The molecule has 1 aliphatic rings. The summed E-state index contributed by atoms with van der Waals surface area (Å²) in [6.07, 6.45) is 0. The molecule has 9 heteroatoms. The van der Waals surface area contributed by atoms with Crippen molar-refractivity contribution >= 4 is 23.4 Å². The Bertz CT molecular complexity index is 1100. The number of thioether (sulfide) groups is 1. The largest absolute Gasteiger partial charge is 0.379 e. The highest BCUT2D eigenvalue weighted by Crippen LogP contribution is 2.25. The van der Waals surface area contributed by atoms with Crippen LogP contribution in [0, 0.1) is 19.7 Å². The minimum atomic E-state index is -0.296. The number of hydrogen-bond donors (Lipinski definition) is 1. The van der Waals surface area contributed by atoms with Gasteiger partial charge in [0.15, 0.2) is 11.0 Å². The van der Waals surface area contributed by atoms with Crippen molar-refractivity contribution < 1.29 is 13.9 Å². The van der Waals surface area contributed by atoms with Gasteiger partial charge in [-0.15, -0.1) is 10.2 Å². The summed E-state index contributed by atoms with van der Waals surface area (Å²) in [5, 5.41) is 12.3. The van der Waals surface area contributed by atoms with Crippen LogP contribution in [0.25, 0.3) is 11.4 Å². The van der Waals surface area contributed by atoms with Crippen molar-refractivity contribution in [2.45, 2.75) is 25.5 Å². The highest BCUT2D eigenvalue weighted by molar-refractivity contribution is 7.99. The molecule has 2 aromatic carbocycles. The van der Waals surface area contributed by atoms with Crippen molar-refractivity contribution in [2.24, 2.45) is 0 Å². The monoisotopic (exact) mass is 469 g/mol. The number of amides is 1. The molecule has 0 saturated carbocycles. The summed E-state index contributed by atoms with van der Waals surface area (Å²) >= 11 is 1.35. The smallest absolute Gasteiger partial charge is 0.234 e. The Morgan fingerprint density at radius 1 is 1.09 bits per heavy atom. The van der Waals surface area contributed by atoms with Gasteiger partial charge in [-0.3, -0.25) is 9.69 Å². The number of anilines is 1. The molecular weight excluding hydrogens is 441 g/mol. The molecule has 3 aromatic rings. The molecule has 0 unspecified atom stereocenters. The third-order valence-corrected chi connectivity index (χ3v) is 6.52. The van der Waals surface area contributed by atoms with Gasteiger partial charge in [-0.1, -0.05) is 29.5 Å². The third-order valence-electron chi connectivity index (χ3n) is 5.55. The number of ether oxygens (including phenoxy) is 1. The summed E-state index contributed by atoms with van der Waals surface area (Å²) in [5.41, 5.74) is 3.78. The molecule has 2 heterocycles. The van der Waals surface area contributed by atoms with E-state index in [0.717, 1.165) is 55.2 Å². The number of benzene rings is 2. The van der Waals surface area contributed by atoms with Gasteiger partial charge < -0.3 is 14.6 Å². The van der Waals surface area contributed by atoms with Gasteiger partial charge in [0.1, 0.15) is 5.82 Å². The fourth-order valence-corrected chi connectivity index (χ4v) is 4.51. The van der Waals surface area contributed by atoms with Crippen LogP contribution in [-0.4, -0.2) is 64.2 Å². The lowest BCUT2D eigenvalue weighted by Crippen LogP contribution is -2.38. The van der Waals surface area contributed by atoms with Crippen molar-refractivity contribution in [3.63, 3.8) is 0 Å². The summed E-state index contributed by atoms with van der Waals surface area (Å²) in [5.74, 6) is 0.487. The number of rotatable bonds is 8. The predicted molar refractivity (Wildman–Crippen MR) is 128 cm³/mol. The van der Waals surface area contributed by atoms with Crippen molar-refractivity contribution in [1.82, 2.24) is 19.7 Å². The van der Waals surface area contributed by atoms with E-state index >= 15 is 0 Å². The molecule has 1 aliphatic heterocycles. The van der Waals surface area contributed by atoms with Gasteiger partial charge >= 0.3 is 0 Å². The van der Waals surface area contributed by atoms with E-state index in [-0.39, 0.29) is 17.5 Å². The predicted octanol–water partition coefficient (Wildman–Crippen LogP) is 3.76. The van der Waals surface area contributed by atoms with E-state index in [0.29, 0.717) is 17.5 Å². The number of hydrogen-bond acceptors (Lipinski definition) is 6. The van der Waals surface area contributed by atoms with E-state index in [1.165, 1.54) is 23.9 Å². The maximum Gasteiger partial charge on any atom is 0.234 e. The Balaban J connectivity index is 1.47. The molecule has 1 saturated heterocycles. The van der Waals surface area contributed by atoms with E-state index in [1.54, 1.807) is 12.1 Å². The highest BCUT2D eigenvalue weighted by Gasteiger charge is 2.18. The number of nitrogens with one attached hydrogen (secondary N) is 1. The zero-order chi connectivity index (χ0) is 23.2. The summed E-state index contributed by atoms with van der Waals surface area (Å²) in [4.78, 5) is 14.9. The first kappa shape index (κ1) is 23.4.